The second-order valence-corrected chi connectivity index (χ2v) is 13.1. The third-order valence-corrected chi connectivity index (χ3v) is 10.3. The van der Waals surface area contributed by atoms with E-state index < -0.39 is 0 Å². The van der Waals surface area contributed by atoms with Crippen molar-refractivity contribution in [1.29, 1.82) is 0 Å². The zero-order valence-corrected chi connectivity index (χ0v) is 27.5. The minimum absolute atomic E-state index is 0.631. The van der Waals surface area contributed by atoms with Gasteiger partial charge in [-0.25, -0.2) is 9.97 Å². The van der Waals surface area contributed by atoms with Crippen molar-refractivity contribution in [3.05, 3.63) is 170 Å². The highest BCUT2D eigenvalue weighted by atomic mass is 15.2. The van der Waals surface area contributed by atoms with Crippen molar-refractivity contribution < 1.29 is 0 Å². The van der Waals surface area contributed by atoms with E-state index in [0.29, 0.717) is 5.95 Å². The molecule has 0 amide bonds. The molecule has 7 aromatic carbocycles. The molecule has 0 fully saturated rings. The van der Waals surface area contributed by atoms with E-state index in [1.54, 1.807) is 0 Å². The predicted octanol–water partition coefficient (Wildman–Crippen LogP) is 11.6. The molecule has 0 saturated carbocycles. The summed E-state index contributed by atoms with van der Waals surface area (Å²) in [5.41, 5.74) is 11.6. The highest BCUT2D eigenvalue weighted by Gasteiger charge is 2.23. The molecule has 51 heavy (non-hydrogen) atoms. The lowest BCUT2D eigenvalue weighted by atomic mass is 10.1. The third kappa shape index (κ3) is 4.15. The van der Waals surface area contributed by atoms with Crippen LogP contribution in [0.25, 0.3) is 99.6 Å². The highest BCUT2D eigenvalue weighted by Crippen LogP contribution is 2.42. The highest BCUT2D eigenvalue weighted by molar-refractivity contribution is 6.23. The average molecular weight is 652 g/mol. The Kier molecular flexibility index (Phi) is 5.89. The molecule has 0 aliphatic heterocycles. The maximum Gasteiger partial charge on any atom is 0.235 e. The van der Waals surface area contributed by atoms with E-state index in [1.807, 2.05) is 6.07 Å². The van der Waals surface area contributed by atoms with Crippen LogP contribution < -0.4 is 0 Å². The minimum atomic E-state index is 0.631. The summed E-state index contributed by atoms with van der Waals surface area (Å²) in [5.74, 6) is 0.631. The molecule has 1 N–H and O–H groups in total. The molecule has 0 unspecified atom stereocenters. The minimum Gasteiger partial charge on any atom is -0.354 e. The molecule has 11 rings (SSSR count). The molecule has 4 heterocycles. The third-order valence-electron chi connectivity index (χ3n) is 10.3. The number of aromatic nitrogens is 5. The maximum absolute atomic E-state index is 5.42. The van der Waals surface area contributed by atoms with Crippen molar-refractivity contribution in [1.82, 2.24) is 24.1 Å². The topological polar surface area (TPSA) is 51.4 Å². The Hall–Kier alpha value is -6.98. The summed E-state index contributed by atoms with van der Waals surface area (Å²) in [6.07, 6.45) is 0. The Morgan fingerprint density at radius 1 is 0.373 bits per heavy atom. The summed E-state index contributed by atoms with van der Waals surface area (Å²) in [4.78, 5) is 14.4. The number of para-hydroxylation sites is 4. The molecule has 0 spiro atoms. The van der Waals surface area contributed by atoms with Gasteiger partial charge in [0.05, 0.1) is 33.5 Å². The first-order valence-electron chi connectivity index (χ1n) is 17.3. The van der Waals surface area contributed by atoms with Gasteiger partial charge in [-0.3, -0.25) is 4.57 Å². The zero-order valence-electron chi connectivity index (χ0n) is 27.5. The molecule has 5 nitrogen and oxygen atoms in total. The van der Waals surface area contributed by atoms with Crippen molar-refractivity contribution in [3.8, 4) is 34.2 Å². The summed E-state index contributed by atoms with van der Waals surface area (Å²) in [6, 6.07) is 60.1. The molecule has 0 atom stereocenters. The number of aromatic amines is 1. The molecule has 11 aromatic rings. The monoisotopic (exact) mass is 651 g/mol. The lowest BCUT2D eigenvalue weighted by Crippen LogP contribution is -2.05. The van der Waals surface area contributed by atoms with Gasteiger partial charge >= 0.3 is 0 Å². The lowest BCUT2D eigenvalue weighted by molar-refractivity contribution is 0.995. The Morgan fingerprint density at radius 3 is 1.63 bits per heavy atom. The van der Waals surface area contributed by atoms with Crippen molar-refractivity contribution in [2.45, 2.75) is 0 Å². The smallest absolute Gasteiger partial charge is 0.235 e. The SMILES string of the molecule is c1ccc(-c2cc(-c3ccc4c(c3)[nH]c3ccccc34)nc(-n3c4ccccc4c4ccc5c6ccccc6n(-c6ccccc6)c5c43)n2)cc1. The molecule has 4 aromatic heterocycles. The number of nitrogens with zero attached hydrogens (tertiary/aromatic N) is 4. The van der Waals surface area contributed by atoms with Crippen LogP contribution in [0, 0.1) is 0 Å². The van der Waals surface area contributed by atoms with Crippen LogP contribution in [0.1, 0.15) is 0 Å². The summed E-state index contributed by atoms with van der Waals surface area (Å²) >= 11 is 0. The van der Waals surface area contributed by atoms with Crippen molar-refractivity contribution in [2.24, 2.45) is 0 Å². The van der Waals surface area contributed by atoms with Crippen LogP contribution in [0.15, 0.2) is 170 Å². The molecule has 0 bridgehead atoms. The molecular formula is C46H29N5. The van der Waals surface area contributed by atoms with Gasteiger partial charge in [0, 0.05) is 60.2 Å². The molecule has 0 aliphatic rings. The Bertz CT molecular complexity index is 3130. The van der Waals surface area contributed by atoms with E-state index in [4.69, 9.17) is 9.97 Å². The van der Waals surface area contributed by atoms with Gasteiger partial charge in [0.25, 0.3) is 0 Å². The number of fused-ring (bicyclic) bond motifs is 10. The van der Waals surface area contributed by atoms with Gasteiger partial charge in [-0.05, 0) is 42.5 Å². The van der Waals surface area contributed by atoms with E-state index >= 15 is 0 Å². The Labute approximate surface area is 292 Å². The van der Waals surface area contributed by atoms with Crippen LogP contribution in [-0.2, 0) is 0 Å². The van der Waals surface area contributed by atoms with Crippen molar-refractivity contribution in [3.63, 3.8) is 0 Å². The standard InChI is InChI=1S/C46H29N5/c1-3-13-29(14-4-1)39-28-40(30-23-24-33-32-17-7-10-20-38(32)47-41(33)27-30)49-46(48-39)51-43-22-12-9-19-35(43)37-26-25-36-34-18-8-11-21-42(34)50(44(36)45(37)51)31-15-5-2-6-16-31/h1-28,47H. The Morgan fingerprint density at radius 2 is 0.902 bits per heavy atom. The number of hydrogen-bond donors (Lipinski definition) is 1. The van der Waals surface area contributed by atoms with Crippen LogP contribution in [0.4, 0.5) is 0 Å². The first kappa shape index (κ1) is 27.9. The molecule has 5 heteroatoms. The van der Waals surface area contributed by atoms with Gasteiger partial charge in [0.15, 0.2) is 0 Å². The van der Waals surface area contributed by atoms with Gasteiger partial charge < -0.3 is 9.55 Å². The van der Waals surface area contributed by atoms with E-state index in [1.165, 1.54) is 21.5 Å². The predicted molar refractivity (Wildman–Crippen MR) is 211 cm³/mol. The quantitative estimate of drug-likeness (QED) is 0.206. The fraction of sp³-hybridized carbons (Fsp3) is 0. The number of benzene rings is 7. The number of hydrogen-bond acceptors (Lipinski definition) is 2. The summed E-state index contributed by atoms with van der Waals surface area (Å²) in [6.45, 7) is 0. The first-order chi connectivity index (χ1) is 25.3. The van der Waals surface area contributed by atoms with Gasteiger partial charge in [-0.15, -0.1) is 0 Å². The zero-order chi connectivity index (χ0) is 33.5. The number of rotatable bonds is 4. The molecule has 0 saturated heterocycles. The van der Waals surface area contributed by atoms with Gasteiger partial charge in [0.2, 0.25) is 5.95 Å². The number of nitrogens with one attached hydrogen (secondary N) is 1. The Balaban J connectivity index is 1.27. The lowest BCUT2D eigenvalue weighted by Gasteiger charge is -2.14. The van der Waals surface area contributed by atoms with Crippen LogP contribution in [-0.4, -0.2) is 24.1 Å². The second kappa shape index (κ2) is 10.8. The average Bonchev–Trinajstić information content (AvgIpc) is 3.86. The number of H-pyrrole nitrogens is 1. The normalized spacial score (nSPS) is 11.9. The van der Waals surface area contributed by atoms with Crippen LogP contribution in [0.2, 0.25) is 0 Å². The van der Waals surface area contributed by atoms with Crippen molar-refractivity contribution >= 4 is 65.4 Å². The summed E-state index contributed by atoms with van der Waals surface area (Å²) in [7, 11) is 0. The first-order valence-corrected chi connectivity index (χ1v) is 17.3. The van der Waals surface area contributed by atoms with Crippen LogP contribution >= 0.6 is 0 Å². The largest absolute Gasteiger partial charge is 0.354 e. The van der Waals surface area contributed by atoms with E-state index in [2.05, 4.69) is 178 Å². The van der Waals surface area contributed by atoms with Crippen LogP contribution in [0.3, 0.4) is 0 Å². The molecule has 0 radical (unpaired) electrons. The maximum atomic E-state index is 5.42. The van der Waals surface area contributed by atoms with E-state index in [-0.39, 0.29) is 0 Å². The molecule has 0 aliphatic carbocycles. The summed E-state index contributed by atoms with van der Waals surface area (Å²) in [5, 5.41) is 7.14. The molecule has 238 valence electrons. The molecular weight excluding hydrogens is 623 g/mol. The van der Waals surface area contributed by atoms with E-state index in [0.717, 1.165) is 72.1 Å². The van der Waals surface area contributed by atoms with Gasteiger partial charge in [-0.2, -0.15) is 0 Å². The van der Waals surface area contributed by atoms with Crippen molar-refractivity contribution in [2.75, 3.05) is 0 Å². The summed E-state index contributed by atoms with van der Waals surface area (Å²) < 4.78 is 4.68. The second-order valence-electron chi connectivity index (χ2n) is 13.1. The van der Waals surface area contributed by atoms with Gasteiger partial charge in [0.1, 0.15) is 0 Å². The fourth-order valence-corrected chi connectivity index (χ4v) is 8.01. The van der Waals surface area contributed by atoms with E-state index in [9.17, 15) is 0 Å². The van der Waals surface area contributed by atoms with Gasteiger partial charge in [-0.1, -0.05) is 127 Å². The fourth-order valence-electron chi connectivity index (χ4n) is 8.01. The van der Waals surface area contributed by atoms with Crippen LogP contribution in [0.5, 0.6) is 0 Å².